The van der Waals surface area contributed by atoms with Crippen molar-refractivity contribution in [2.75, 3.05) is 5.43 Å². The van der Waals surface area contributed by atoms with Crippen LogP contribution < -0.4 is 11.3 Å². The molecule has 0 bridgehead atoms. The second-order valence-corrected chi connectivity index (χ2v) is 5.54. The second kappa shape index (κ2) is 4.63. The summed E-state index contributed by atoms with van der Waals surface area (Å²) in [6.07, 6.45) is 0.683. The topological polar surface area (TPSA) is 81.1 Å². The van der Waals surface area contributed by atoms with E-state index in [0.29, 0.717) is 11.6 Å². The zero-order chi connectivity index (χ0) is 12.5. The molecule has 0 aliphatic heterocycles. The van der Waals surface area contributed by atoms with Gasteiger partial charge in [0.2, 0.25) is 10.1 Å². The molecule has 6 nitrogen and oxygen atoms in total. The highest BCUT2D eigenvalue weighted by Gasteiger charge is 2.11. The summed E-state index contributed by atoms with van der Waals surface area (Å²) in [7, 11) is 0. The third kappa shape index (κ3) is 2.09. The van der Waals surface area contributed by atoms with E-state index in [1.165, 1.54) is 11.3 Å². The maximum absolute atomic E-state index is 5.32. The van der Waals surface area contributed by atoms with Crippen LogP contribution in [0.1, 0.15) is 11.4 Å². The third-order valence-corrected chi connectivity index (χ3v) is 3.81. The van der Waals surface area contributed by atoms with Crippen LogP contribution in [0, 0.1) is 0 Å². The maximum atomic E-state index is 5.32. The van der Waals surface area contributed by atoms with E-state index in [-0.39, 0.29) is 0 Å². The highest BCUT2D eigenvalue weighted by molar-refractivity contribution is 9.10. The van der Waals surface area contributed by atoms with Crippen LogP contribution >= 0.6 is 27.3 Å². The van der Waals surface area contributed by atoms with Gasteiger partial charge in [-0.1, -0.05) is 39.4 Å². The summed E-state index contributed by atoms with van der Waals surface area (Å²) in [5, 5.41) is 13.1. The monoisotopic (exact) mass is 324 g/mol. The molecule has 0 radical (unpaired) electrons. The molecule has 0 saturated carbocycles. The average molecular weight is 325 g/mol. The Balaban J connectivity index is 1.94. The molecule has 3 N–H and O–H groups in total. The minimum atomic E-state index is 0.622. The van der Waals surface area contributed by atoms with E-state index in [2.05, 4.69) is 36.7 Å². The smallest absolute Gasteiger partial charge is 0.236 e. The first-order valence-corrected chi connectivity index (χ1v) is 6.79. The highest BCUT2D eigenvalue weighted by Crippen LogP contribution is 2.19. The summed E-state index contributed by atoms with van der Waals surface area (Å²) >= 11 is 4.78. The van der Waals surface area contributed by atoms with E-state index in [1.807, 2.05) is 24.3 Å². The molecular formula is C10H9BrN6S. The van der Waals surface area contributed by atoms with Crippen molar-refractivity contribution in [2.24, 2.45) is 5.84 Å². The molecule has 3 aromatic rings. The lowest BCUT2D eigenvalue weighted by Crippen LogP contribution is -2.07. The Labute approximate surface area is 115 Å². The van der Waals surface area contributed by atoms with E-state index in [4.69, 9.17) is 5.84 Å². The number of hydrazine groups is 1. The van der Waals surface area contributed by atoms with Crippen LogP contribution in [0.25, 0.3) is 4.96 Å². The first-order valence-electron chi connectivity index (χ1n) is 5.18. The predicted octanol–water partition coefficient (Wildman–Crippen LogP) is 1.82. The van der Waals surface area contributed by atoms with Crippen LogP contribution in [0.15, 0.2) is 28.7 Å². The summed E-state index contributed by atoms with van der Waals surface area (Å²) in [5.41, 5.74) is 3.67. The van der Waals surface area contributed by atoms with E-state index in [1.54, 1.807) is 4.52 Å². The largest absolute Gasteiger partial charge is 0.298 e. The SMILES string of the molecule is NNc1nn2c(Cc3ccc(Br)cc3)nnc2s1. The van der Waals surface area contributed by atoms with Gasteiger partial charge in [-0.15, -0.1) is 15.3 Å². The van der Waals surface area contributed by atoms with Crippen molar-refractivity contribution in [1.82, 2.24) is 19.8 Å². The minimum Gasteiger partial charge on any atom is -0.298 e. The molecule has 8 heteroatoms. The number of nitrogens with one attached hydrogen (secondary N) is 1. The third-order valence-electron chi connectivity index (χ3n) is 2.45. The highest BCUT2D eigenvalue weighted by atomic mass is 79.9. The predicted molar refractivity (Wildman–Crippen MR) is 73.4 cm³/mol. The molecule has 18 heavy (non-hydrogen) atoms. The Bertz CT molecular complexity index is 673. The zero-order valence-corrected chi connectivity index (χ0v) is 11.6. The second-order valence-electron chi connectivity index (χ2n) is 3.67. The summed E-state index contributed by atoms with van der Waals surface area (Å²) < 4.78 is 2.77. The molecule has 0 amide bonds. The number of hydrogen-bond donors (Lipinski definition) is 2. The lowest BCUT2D eigenvalue weighted by Gasteiger charge is -1.98. The van der Waals surface area contributed by atoms with Gasteiger partial charge in [-0.2, -0.15) is 4.52 Å². The van der Waals surface area contributed by atoms with Crippen LogP contribution in [-0.4, -0.2) is 19.8 Å². The van der Waals surface area contributed by atoms with Gasteiger partial charge in [0, 0.05) is 10.9 Å². The molecule has 2 aromatic heterocycles. The van der Waals surface area contributed by atoms with E-state index >= 15 is 0 Å². The van der Waals surface area contributed by atoms with Gasteiger partial charge < -0.3 is 0 Å². The van der Waals surface area contributed by atoms with Gasteiger partial charge in [-0.05, 0) is 17.7 Å². The fraction of sp³-hybridized carbons (Fsp3) is 0.100. The van der Waals surface area contributed by atoms with Crippen molar-refractivity contribution in [2.45, 2.75) is 6.42 Å². The number of rotatable bonds is 3. The number of anilines is 1. The van der Waals surface area contributed by atoms with Gasteiger partial charge in [0.05, 0.1) is 0 Å². The number of hydrogen-bond acceptors (Lipinski definition) is 6. The standard InChI is InChI=1S/C10H9BrN6S/c11-7-3-1-6(2-4-7)5-8-14-15-10-17(8)16-9(13-12)18-10/h1-4H,5,12H2,(H,13,16). The summed E-state index contributed by atoms with van der Waals surface area (Å²) in [6.45, 7) is 0. The van der Waals surface area contributed by atoms with Gasteiger partial charge >= 0.3 is 0 Å². The van der Waals surface area contributed by atoms with Crippen LogP contribution in [-0.2, 0) is 6.42 Å². The molecule has 1 aromatic carbocycles. The fourth-order valence-corrected chi connectivity index (χ4v) is 2.54. The Kier molecular flexibility index (Phi) is 2.98. The summed E-state index contributed by atoms with van der Waals surface area (Å²) in [4.78, 5) is 0.732. The van der Waals surface area contributed by atoms with Crippen molar-refractivity contribution in [3.8, 4) is 0 Å². The van der Waals surface area contributed by atoms with Crippen molar-refractivity contribution in [1.29, 1.82) is 0 Å². The summed E-state index contributed by atoms with van der Waals surface area (Å²) in [6, 6.07) is 8.09. The van der Waals surface area contributed by atoms with Crippen molar-refractivity contribution >= 4 is 37.4 Å². The number of nitrogens with zero attached hydrogens (tertiary/aromatic N) is 4. The van der Waals surface area contributed by atoms with Crippen LogP contribution in [0.3, 0.4) is 0 Å². The van der Waals surface area contributed by atoms with E-state index in [0.717, 1.165) is 20.8 Å². The first-order chi connectivity index (χ1) is 8.76. The van der Waals surface area contributed by atoms with Gasteiger partial charge in [0.25, 0.3) is 0 Å². The van der Waals surface area contributed by atoms with E-state index in [9.17, 15) is 0 Å². The molecule has 0 fully saturated rings. The molecule has 92 valence electrons. The zero-order valence-electron chi connectivity index (χ0n) is 9.17. The molecule has 0 aliphatic carbocycles. The fourth-order valence-electron chi connectivity index (χ4n) is 1.61. The molecule has 0 saturated heterocycles. The molecule has 0 unspecified atom stereocenters. The van der Waals surface area contributed by atoms with Crippen molar-refractivity contribution in [3.05, 3.63) is 40.1 Å². The molecule has 3 rings (SSSR count). The van der Waals surface area contributed by atoms with E-state index < -0.39 is 0 Å². The Morgan fingerprint density at radius 1 is 1.28 bits per heavy atom. The number of nitrogens with two attached hydrogens (primary N) is 1. The molecule has 2 heterocycles. The number of benzene rings is 1. The van der Waals surface area contributed by atoms with Crippen molar-refractivity contribution < 1.29 is 0 Å². The van der Waals surface area contributed by atoms with Crippen LogP contribution in [0.5, 0.6) is 0 Å². The lowest BCUT2D eigenvalue weighted by molar-refractivity contribution is 0.852. The molecule has 0 aliphatic rings. The first kappa shape index (κ1) is 11.6. The molecular weight excluding hydrogens is 316 g/mol. The van der Waals surface area contributed by atoms with Crippen LogP contribution in [0.2, 0.25) is 0 Å². The van der Waals surface area contributed by atoms with Crippen LogP contribution in [0.4, 0.5) is 5.13 Å². The number of nitrogen functional groups attached to an aromatic ring is 1. The Morgan fingerprint density at radius 3 is 2.78 bits per heavy atom. The lowest BCUT2D eigenvalue weighted by atomic mass is 10.1. The van der Waals surface area contributed by atoms with Gasteiger partial charge in [0.15, 0.2) is 5.82 Å². The number of aromatic nitrogens is 4. The quantitative estimate of drug-likeness (QED) is 0.567. The van der Waals surface area contributed by atoms with Gasteiger partial charge in [-0.25, -0.2) is 5.84 Å². The van der Waals surface area contributed by atoms with Crippen molar-refractivity contribution in [3.63, 3.8) is 0 Å². The molecule has 0 spiro atoms. The number of fused-ring (bicyclic) bond motifs is 1. The Morgan fingerprint density at radius 2 is 2.06 bits per heavy atom. The minimum absolute atomic E-state index is 0.622. The normalized spacial score (nSPS) is 11.0. The Hall–Kier alpha value is -1.51. The summed E-state index contributed by atoms with van der Waals surface area (Å²) in [5.74, 6) is 6.12. The average Bonchev–Trinajstić information content (AvgIpc) is 2.93. The number of halogens is 1. The van der Waals surface area contributed by atoms with Gasteiger partial charge in [0.1, 0.15) is 0 Å². The molecule has 0 atom stereocenters. The maximum Gasteiger partial charge on any atom is 0.236 e. The van der Waals surface area contributed by atoms with Gasteiger partial charge in [-0.3, -0.25) is 5.43 Å².